The molecule has 0 unspecified atom stereocenters. The van der Waals surface area contributed by atoms with Crippen molar-refractivity contribution < 1.29 is 8.42 Å². The lowest BCUT2D eigenvalue weighted by Gasteiger charge is -2.25. The normalized spacial score (nSPS) is 12.4. The summed E-state index contributed by atoms with van der Waals surface area (Å²) in [6.07, 6.45) is 0. The highest BCUT2D eigenvalue weighted by molar-refractivity contribution is 7.89. The van der Waals surface area contributed by atoms with Crippen molar-refractivity contribution in [3.63, 3.8) is 0 Å². The Bertz CT molecular complexity index is 536. The van der Waals surface area contributed by atoms with E-state index in [1.807, 2.05) is 27.7 Å². The molecule has 0 bridgehead atoms. The van der Waals surface area contributed by atoms with Gasteiger partial charge in [-0.1, -0.05) is 13.0 Å². The molecule has 0 fully saturated rings. The van der Waals surface area contributed by atoms with Crippen LogP contribution in [0.1, 0.15) is 31.9 Å². The van der Waals surface area contributed by atoms with Crippen LogP contribution in [0.5, 0.6) is 0 Å². The van der Waals surface area contributed by atoms with Crippen LogP contribution in [0, 0.1) is 13.8 Å². The zero-order valence-corrected chi connectivity index (χ0v) is 12.5. The molecule has 0 aromatic heterocycles. The Balaban J connectivity index is 3.42. The van der Waals surface area contributed by atoms with Gasteiger partial charge in [-0.2, -0.15) is 4.31 Å². The first kappa shape index (κ1) is 15.0. The van der Waals surface area contributed by atoms with E-state index in [2.05, 4.69) is 0 Å². The fourth-order valence-corrected chi connectivity index (χ4v) is 3.95. The van der Waals surface area contributed by atoms with Gasteiger partial charge in [-0.3, -0.25) is 0 Å². The predicted molar refractivity (Wildman–Crippen MR) is 75.0 cm³/mol. The lowest BCUT2D eigenvalue weighted by Crippen LogP contribution is -2.37. The van der Waals surface area contributed by atoms with Crippen molar-refractivity contribution >= 4 is 15.7 Å². The molecule has 0 amide bonds. The van der Waals surface area contributed by atoms with E-state index >= 15 is 0 Å². The van der Waals surface area contributed by atoms with Crippen molar-refractivity contribution in [1.82, 2.24) is 4.31 Å². The second-order valence-corrected chi connectivity index (χ2v) is 6.58. The van der Waals surface area contributed by atoms with Crippen molar-refractivity contribution in [3.05, 3.63) is 23.3 Å². The third kappa shape index (κ3) is 2.52. The van der Waals surface area contributed by atoms with Crippen molar-refractivity contribution in [1.29, 1.82) is 0 Å². The van der Waals surface area contributed by atoms with Gasteiger partial charge >= 0.3 is 0 Å². The van der Waals surface area contributed by atoms with Crippen molar-refractivity contribution in [2.24, 2.45) is 0 Å². The summed E-state index contributed by atoms with van der Waals surface area (Å²) in [5, 5.41) is 0. The van der Waals surface area contributed by atoms with Crippen LogP contribution in [0.3, 0.4) is 0 Å². The van der Waals surface area contributed by atoms with Gasteiger partial charge in [0.1, 0.15) is 0 Å². The molecule has 0 spiro atoms. The molecule has 0 aliphatic rings. The van der Waals surface area contributed by atoms with E-state index in [1.54, 1.807) is 19.1 Å². The van der Waals surface area contributed by atoms with Crippen LogP contribution in [-0.2, 0) is 10.0 Å². The largest absolute Gasteiger partial charge is 0.398 e. The Hall–Kier alpha value is -1.07. The number of benzene rings is 1. The number of aryl methyl sites for hydroxylation is 1. The van der Waals surface area contributed by atoms with E-state index < -0.39 is 10.0 Å². The van der Waals surface area contributed by atoms with Gasteiger partial charge in [0, 0.05) is 18.3 Å². The zero-order valence-electron chi connectivity index (χ0n) is 11.7. The monoisotopic (exact) mass is 270 g/mol. The molecule has 5 heteroatoms. The van der Waals surface area contributed by atoms with Gasteiger partial charge < -0.3 is 5.73 Å². The molecule has 0 aliphatic carbocycles. The summed E-state index contributed by atoms with van der Waals surface area (Å²) >= 11 is 0. The molecule has 4 nitrogen and oxygen atoms in total. The predicted octanol–water partition coefficient (Wildman–Crippen LogP) is 2.30. The van der Waals surface area contributed by atoms with E-state index in [0.717, 1.165) is 5.56 Å². The maximum atomic E-state index is 12.6. The first-order chi connectivity index (χ1) is 8.23. The van der Waals surface area contributed by atoms with Gasteiger partial charge in [0.25, 0.3) is 0 Å². The highest BCUT2D eigenvalue weighted by Crippen LogP contribution is 2.27. The average molecular weight is 270 g/mol. The maximum Gasteiger partial charge on any atom is 0.243 e. The van der Waals surface area contributed by atoms with Crippen LogP contribution in [-0.4, -0.2) is 25.3 Å². The minimum atomic E-state index is -3.47. The molecule has 102 valence electrons. The summed E-state index contributed by atoms with van der Waals surface area (Å²) in [6, 6.07) is 3.33. The lowest BCUT2D eigenvalue weighted by molar-refractivity contribution is 0.369. The number of anilines is 1. The molecule has 1 aromatic carbocycles. The van der Waals surface area contributed by atoms with Crippen LogP contribution in [0.25, 0.3) is 0 Å². The lowest BCUT2D eigenvalue weighted by atomic mass is 10.1. The summed E-state index contributed by atoms with van der Waals surface area (Å²) in [5.74, 6) is 0. The third-order valence-electron chi connectivity index (χ3n) is 3.16. The number of hydrogen-bond acceptors (Lipinski definition) is 3. The summed E-state index contributed by atoms with van der Waals surface area (Å²) in [6.45, 7) is 9.65. The summed E-state index contributed by atoms with van der Waals surface area (Å²) < 4.78 is 26.6. The van der Waals surface area contributed by atoms with Gasteiger partial charge in [0.2, 0.25) is 10.0 Å². The van der Waals surface area contributed by atoms with Crippen LogP contribution in [0.15, 0.2) is 17.0 Å². The molecular formula is C13H22N2O2S. The molecule has 18 heavy (non-hydrogen) atoms. The standard InChI is InChI=1S/C13H22N2O2S/c1-6-15(9(2)3)18(16,17)12-8-7-10(4)13(14)11(12)5/h7-9H,6,14H2,1-5H3. The fraction of sp³-hybridized carbons (Fsp3) is 0.538. The number of nitrogen functional groups attached to an aromatic ring is 1. The molecule has 0 saturated carbocycles. The number of rotatable bonds is 4. The molecule has 0 heterocycles. The third-order valence-corrected chi connectivity index (χ3v) is 5.45. The Labute approximate surface area is 110 Å². The van der Waals surface area contributed by atoms with Gasteiger partial charge in [0.15, 0.2) is 0 Å². The average Bonchev–Trinajstić information content (AvgIpc) is 2.25. The summed E-state index contributed by atoms with van der Waals surface area (Å²) in [7, 11) is -3.47. The van der Waals surface area contributed by atoms with Crippen molar-refractivity contribution in [2.75, 3.05) is 12.3 Å². The Morgan fingerprint density at radius 3 is 2.28 bits per heavy atom. The van der Waals surface area contributed by atoms with Gasteiger partial charge in [-0.15, -0.1) is 0 Å². The van der Waals surface area contributed by atoms with Crippen LogP contribution in [0.2, 0.25) is 0 Å². The molecule has 0 atom stereocenters. The molecule has 1 rings (SSSR count). The maximum absolute atomic E-state index is 12.6. The highest BCUT2D eigenvalue weighted by atomic mass is 32.2. The van der Waals surface area contributed by atoms with Crippen LogP contribution >= 0.6 is 0 Å². The van der Waals surface area contributed by atoms with Crippen molar-refractivity contribution in [3.8, 4) is 0 Å². The molecular weight excluding hydrogens is 248 g/mol. The Morgan fingerprint density at radius 1 is 1.28 bits per heavy atom. The SMILES string of the molecule is CCN(C(C)C)S(=O)(=O)c1ccc(C)c(N)c1C. The Morgan fingerprint density at radius 2 is 1.83 bits per heavy atom. The quantitative estimate of drug-likeness (QED) is 0.854. The van der Waals surface area contributed by atoms with E-state index in [-0.39, 0.29) is 6.04 Å². The van der Waals surface area contributed by atoms with E-state index in [4.69, 9.17) is 5.73 Å². The highest BCUT2D eigenvalue weighted by Gasteiger charge is 2.27. The molecule has 0 aliphatic heterocycles. The molecule has 2 N–H and O–H groups in total. The van der Waals surface area contributed by atoms with Crippen LogP contribution < -0.4 is 5.73 Å². The van der Waals surface area contributed by atoms with Gasteiger partial charge in [-0.05, 0) is 44.9 Å². The number of sulfonamides is 1. The minimum absolute atomic E-state index is 0.0677. The second-order valence-electron chi connectivity index (χ2n) is 4.72. The number of nitrogens with two attached hydrogens (primary N) is 1. The van der Waals surface area contributed by atoms with E-state index in [9.17, 15) is 8.42 Å². The van der Waals surface area contributed by atoms with Crippen LogP contribution in [0.4, 0.5) is 5.69 Å². The first-order valence-corrected chi connectivity index (χ1v) is 7.55. The number of hydrogen-bond donors (Lipinski definition) is 1. The topological polar surface area (TPSA) is 63.4 Å². The summed E-state index contributed by atoms with van der Waals surface area (Å²) in [5.41, 5.74) is 8.00. The van der Waals surface area contributed by atoms with E-state index in [1.165, 1.54) is 4.31 Å². The molecule has 1 aromatic rings. The molecule has 0 radical (unpaired) electrons. The fourth-order valence-electron chi connectivity index (χ4n) is 2.06. The minimum Gasteiger partial charge on any atom is -0.398 e. The number of nitrogens with zero attached hydrogens (tertiary/aromatic N) is 1. The van der Waals surface area contributed by atoms with Gasteiger partial charge in [-0.25, -0.2) is 8.42 Å². The molecule has 0 saturated heterocycles. The summed E-state index contributed by atoms with van der Waals surface area (Å²) in [4.78, 5) is 0.307. The van der Waals surface area contributed by atoms with Gasteiger partial charge in [0.05, 0.1) is 4.90 Å². The van der Waals surface area contributed by atoms with Crippen molar-refractivity contribution in [2.45, 2.75) is 45.6 Å². The zero-order chi connectivity index (χ0) is 14.1. The van der Waals surface area contributed by atoms with E-state index in [0.29, 0.717) is 22.7 Å². The Kier molecular flexibility index (Phi) is 4.40. The second kappa shape index (κ2) is 5.28. The smallest absolute Gasteiger partial charge is 0.243 e. The first-order valence-electron chi connectivity index (χ1n) is 6.11.